The normalized spacial score (nSPS) is 17.7. The number of imidazole rings is 1. The van der Waals surface area contributed by atoms with Gasteiger partial charge in [0.1, 0.15) is 11.6 Å². The summed E-state index contributed by atoms with van der Waals surface area (Å²) < 4.78 is 2.12. The molecular formula is C23H28N4. The van der Waals surface area contributed by atoms with Crippen LogP contribution in [0.4, 0.5) is 0 Å². The minimum absolute atomic E-state index is 0.374. The smallest absolute Gasteiger partial charge is 0.138 e. The van der Waals surface area contributed by atoms with Crippen molar-refractivity contribution in [2.45, 2.75) is 45.1 Å². The van der Waals surface area contributed by atoms with Crippen LogP contribution in [0.25, 0.3) is 5.82 Å². The molecule has 1 fully saturated rings. The maximum atomic E-state index is 5.03. The highest BCUT2D eigenvalue weighted by atomic mass is 15.2. The van der Waals surface area contributed by atoms with Gasteiger partial charge in [-0.3, -0.25) is 9.47 Å². The molecule has 140 valence electrons. The molecule has 0 unspecified atom stereocenters. The number of hydrogen-bond donors (Lipinski definition) is 0. The zero-order valence-corrected chi connectivity index (χ0v) is 16.3. The fraction of sp³-hybridized carbons (Fsp3) is 0.391. The van der Waals surface area contributed by atoms with Gasteiger partial charge in [0.15, 0.2) is 0 Å². The average molecular weight is 361 g/mol. The largest absolute Gasteiger partial charge is 0.294 e. The Morgan fingerprint density at radius 3 is 2.74 bits per heavy atom. The van der Waals surface area contributed by atoms with Gasteiger partial charge in [-0.25, -0.2) is 9.97 Å². The Bertz CT molecular complexity index is 869. The second-order valence-electron chi connectivity index (χ2n) is 7.66. The zero-order valence-electron chi connectivity index (χ0n) is 16.3. The summed E-state index contributed by atoms with van der Waals surface area (Å²) in [4.78, 5) is 12.1. The van der Waals surface area contributed by atoms with Crippen molar-refractivity contribution in [1.82, 2.24) is 19.4 Å². The van der Waals surface area contributed by atoms with Gasteiger partial charge in [0.2, 0.25) is 0 Å². The summed E-state index contributed by atoms with van der Waals surface area (Å²) in [7, 11) is 0. The topological polar surface area (TPSA) is 34.0 Å². The highest BCUT2D eigenvalue weighted by molar-refractivity contribution is 5.29. The Morgan fingerprint density at radius 2 is 1.93 bits per heavy atom. The molecule has 0 bridgehead atoms. The third-order valence-corrected chi connectivity index (χ3v) is 5.42. The van der Waals surface area contributed by atoms with E-state index in [2.05, 4.69) is 76.8 Å². The van der Waals surface area contributed by atoms with Gasteiger partial charge in [-0.05, 0) is 43.5 Å². The summed E-state index contributed by atoms with van der Waals surface area (Å²) in [6.45, 7) is 6.59. The van der Waals surface area contributed by atoms with Gasteiger partial charge in [0.25, 0.3) is 0 Å². The van der Waals surface area contributed by atoms with E-state index in [1.54, 1.807) is 0 Å². The summed E-state index contributed by atoms with van der Waals surface area (Å²) in [6.07, 6.45) is 7.41. The molecule has 1 aromatic carbocycles. The third-order valence-electron chi connectivity index (χ3n) is 5.42. The van der Waals surface area contributed by atoms with Crippen molar-refractivity contribution in [2.24, 2.45) is 0 Å². The molecule has 3 aromatic rings. The first-order valence-corrected chi connectivity index (χ1v) is 10.0. The van der Waals surface area contributed by atoms with Gasteiger partial charge in [-0.15, -0.1) is 0 Å². The highest BCUT2D eigenvalue weighted by Crippen LogP contribution is 2.31. The van der Waals surface area contributed by atoms with E-state index >= 15 is 0 Å². The minimum Gasteiger partial charge on any atom is -0.294 e. The van der Waals surface area contributed by atoms with E-state index in [4.69, 9.17) is 4.98 Å². The molecule has 4 nitrogen and oxygen atoms in total. The lowest BCUT2D eigenvalue weighted by Crippen LogP contribution is -2.26. The highest BCUT2D eigenvalue weighted by Gasteiger charge is 2.27. The molecule has 0 aliphatic carbocycles. The first kappa shape index (κ1) is 17.9. The Hall–Kier alpha value is -2.46. The summed E-state index contributed by atoms with van der Waals surface area (Å²) in [5.74, 6) is 2.41. The number of rotatable bonds is 6. The van der Waals surface area contributed by atoms with Crippen LogP contribution in [0.2, 0.25) is 0 Å². The summed E-state index contributed by atoms with van der Waals surface area (Å²) in [5.41, 5.74) is 2.59. The number of aromatic nitrogens is 3. The van der Waals surface area contributed by atoms with Crippen LogP contribution in [0.1, 0.15) is 55.7 Å². The molecule has 1 atom stereocenters. The average Bonchev–Trinajstić information content (AvgIpc) is 3.37. The van der Waals surface area contributed by atoms with E-state index in [1.807, 2.05) is 12.4 Å². The van der Waals surface area contributed by atoms with Crippen molar-refractivity contribution < 1.29 is 0 Å². The maximum Gasteiger partial charge on any atom is 0.138 e. The van der Waals surface area contributed by atoms with Gasteiger partial charge in [-0.2, -0.15) is 0 Å². The first-order chi connectivity index (χ1) is 13.2. The lowest BCUT2D eigenvalue weighted by molar-refractivity contribution is 0.256. The fourth-order valence-electron chi connectivity index (χ4n) is 4.04. The molecule has 1 aliphatic rings. The molecule has 3 heterocycles. The maximum absolute atomic E-state index is 5.03. The van der Waals surface area contributed by atoms with Crippen LogP contribution < -0.4 is 0 Å². The molecule has 0 spiro atoms. The van der Waals surface area contributed by atoms with Crippen LogP contribution in [0.5, 0.6) is 0 Å². The monoisotopic (exact) mass is 360 g/mol. The van der Waals surface area contributed by atoms with E-state index in [1.165, 1.54) is 24.1 Å². The van der Waals surface area contributed by atoms with E-state index in [0.29, 0.717) is 12.0 Å². The molecule has 2 aromatic heterocycles. The molecule has 0 saturated carbocycles. The van der Waals surface area contributed by atoms with E-state index in [-0.39, 0.29) is 0 Å². The Balaban J connectivity index is 1.53. The van der Waals surface area contributed by atoms with E-state index < -0.39 is 0 Å². The molecule has 0 N–H and O–H groups in total. The second-order valence-corrected chi connectivity index (χ2v) is 7.66. The molecule has 4 rings (SSSR count). The quantitative estimate of drug-likeness (QED) is 0.635. The van der Waals surface area contributed by atoms with Crippen LogP contribution in [-0.2, 0) is 6.42 Å². The van der Waals surface area contributed by atoms with Crippen molar-refractivity contribution in [3.05, 3.63) is 78.0 Å². The SMILES string of the molecule is CC(C)c1nccn1-c1cccc([C@H]2CCCN2CCc2ccccc2)n1. The molecule has 0 radical (unpaired) electrons. The Morgan fingerprint density at radius 1 is 1.07 bits per heavy atom. The fourth-order valence-corrected chi connectivity index (χ4v) is 4.04. The third kappa shape index (κ3) is 3.96. The standard InChI is InChI=1S/C23H28N4/c1-18(2)23-24-14-17-27(23)22-12-6-10-20(25-22)21-11-7-15-26(21)16-13-19-8-4-3-5-9-19/h3-6,8-10,12,14,17-18,21H,7,11,13,15-16H2,1-2H3/t21-/m1/s1. The Labute approximate surface area is 161 Å². The van der Waals surface area contributed by atoms with Crippen molar-refractivity contribution in [1.29, 1.82) is 0 Å². The zero-order chi connectivity index (χ0) is 18.6. The lowest BCUT2D eigenvalue weighted by Gasteiger charge is -2.24. The number of likely N-dealkylation sites (tertiary alicyclic amines) is 1. The molecule has 1 aliphatic heterocycles. The molecule has 27 heavy (non-hydrogen) atoms. The number of pyridine rings is 1. The predicted octanol–water partition coefficient (Wildman–Crippen LogP) is 4.77. The van der Waals surface area contributed by atoms with Gasteiger partial charge in [0.05, 0.1) is 11.7 Å². The van der Waals surface area contributed by atoms with Gasteiger partial charge >= 0.3 is 0 Å². The number of benzene rings is 1. The molecular weight excluding hydrogens is 332 g/mol. The Kier molecular flexibility index (Phi) is 5.35. The van der Waals surface area contributed by atoms with Crippen molar-refractivity contribution in [3.63, 3.8) is 0 Å². The van der Waals surface area contributed by atoms with Crippen LogP contribution in [-0.4, -0.2) is 32.5 Å². The first-order valence-electron chi connectivity index (χ1n) is 10.0. The summed E-state index contributed by atoms with van der Waals surface area (Å²) in [5, 5.41) is 0. The van der Waals surface area contributed by atoms with Crippen molar-refractivity contribution in [3.8, 4) is 5.82 Å². The molecule has 1 saturated heterocycles. The van der Waals surface area contributed by atoms with Crippen molar-refractivity contribution >= 4 is 0 Å². The second kappa shape index (κ2) is 8.05. The van der Waals surface area contributed by atoms with Crippen molar-refractivity contribution in [2.75, 3.05) is 13.1 Å². The van der Waals surface area contributed by atoms with Crippen LogP contribution in [0.15, 0.2) is 60.9 Å². The van der Waals surface area contributed by atoms with Crippen LogP contribution in [0, 0.1) is 0 Å². The van der Waals surface area contributed by atoms with Gasteiger partial charge < -0.3 is 0 Å². The summed E-state index contributed by atoms with van der Waals surface area (Å²) in [6, 6.07) is 17.6. The summed E-state index contributed by atoms with van der Waals surface area (Å²) >= 11 is 0. The predicted molar refractivity (Wildman–Crippen MR) is 109 cm³/mol. The number of hydrogen-bond acceptors (Lipinski definition) is 3. The van der Waals surface area contributed by atoms with Gasteiger partial charge in [-0.1, -0.05) is 50.2 Å². The van der Waals surface area contributed by atoms with Crippen LogP contribution >= 0.6 is 0 Å². The van der Waals surface area contributed by atoms with E-state index in [9.17, 15) is 0 Å². The van der Waals surface area contributed by atoms with Crippen LogP contribution in [0.3, 0.4) is 0 Å². The van der Waals surface area contributed by atoms with E-state index in [0.717, 1.165) is 31.2 Å². The van der Waals surface area contributed by atoms with Gasteiger partial charge in [0, 0.05) is 24.9 Å². The minimum atomic E-state index is 0.374. The number of nitrogens with zero attached hydrogens (tertiary/aromatic N) is 4. The molecule has 0 amide bonds. The lowest BCUT2D eigenvalue weighted by atomic mass is 10.1. The molecule has 4 heteroatoms.